The topological polar surface area (TPSA) is 118 Å². The van der Waals surface area contributed by atoms with E-state index in [1.807, 2.05) is 0 Å². The molecular weight excluding hydrogens is 262 g/mol. The van der Waals surface area contributed by atoms with Crippen LogP contribution in [0.15, 0.2) is 18.2 Å². The van der Waals surface area contributed by atoms with Gasteiger partial charge in [0.25, 0.3) is 5.69 Å². The number of aliphatic hydroxyl groups is 1. The van der Waals surface area contributed by atoms with Crippen LogP contribution in [0.1, 0.15) is 36.0 Å². The number of rotatable bonds is 5. The summed E-state index contributed by atoms with van der Waals surface area (Å²) in [7, 11) is 0. The molecule has 7 heteroatoms. The molecule has 0 bridgehead atoms. The zero-order chi connectivity index (χ0) is 14.8. The van der Waals surface area contributed by atoms with E-state index in [0.29, 0.717) is 0 Å². The fraction of sp³-hybridized carbons (Fsp3) is 0.462. The number of hydrogen-bond donors (Lipinski definition) is 3. The highest BCUT2D eigenvalue weighted by molar-refractivity contribution is 5.94. The van der Waals surface area contributed by atoms with E-state index in [0.717, 1.165) is 25.7 Å². The summed E-state index contributed by atoms with van der Waals surface area (Å²) in [6, 6.07) is 3.95. The van der Waals surface area contributed by atoms with Crippen molar-refractivity contribution in [2.45, 2.75) is 31.2 Å². The fourth-order valence-electron chi connectivity index (χ4n) is 2.61. The first kappa shape index (κ1) is 14.3. The largest absolute Gasteiger partial charge is 0.394 e. The number of carbonyl (C=O) groups is 1. The Morgan fingerprint density at radius 3 is 2.60 bits per heavy atom. The first-order valence-corrected chi connectivity index (χ1v) is 6.45. The maximum absolute atomic E-state index is 11.2. The van der Waals surface area contributed by atoms with Crippen molar-refractivity contribution in [1.29, 1.82) is 0 Å². The van der Waals surface area contributed by atoms with Crippen LogP contribution in [0.3, 0.4) is 0 Å². The maximum Gasteiger partial charge on any atom is 0.292 e. The average Bonchev–Trinajstić information content (AvgIpc) is 2.87. The zero-order valence-electron chi connectivity index (χ0n) is 11.0. The molecule has 0 unspecified atom stereocenters. The van der Waals surface area contributed by atoms with Gasteiger partial charge in [0.2, 0.25) is 5.91 Å². The highest BCUT2D eigenvalue weighted by atomic mass is 16.6. The first-order valence-electron chi connectivity index (χ1n) is 6.45. The van der Waals surface area contributed by atoms with E-state index in [4.69, 9.17) is 5.73 Å². The summed E-state index contributed by atoms with van der Waals surface area (Å²) in [4.78, 5) is 21.7. The molecule has 1 amide bonds. The molecule has 7 nitrogen and oxygen atoms in total. The number of anilines is 1. The third-order valence-corrected chi connectivity index (χ3v) is 3.74. The lowest BCUT2D eigenvalue weighted by molar-refractivity contribution is -0.384. The van der Waals surface area contributed by atoms with Crippen molar-refractivity contribution < 1.29 is 14.8 Å². The van der Waals surface area contributed by atoms with Gasteiger partial charge in [0.15, 0.2) is 0 Å². The van der Waals surface area contributed by atoms with E-state index in [1.54, 1.807) is 0 Å². The Bertz CT molecular complexity index is 538. The standard InChI is InChI=1S/C13H17N3O4/c14-12(18)9-3-4-11(16(19)20)10(7-9)15-13(8-17)5-1-2-6-13/h3-4,7,15,17H,1-2,5-6,8H2,(H2,14,18). The Kier molecular flexibility index (Phi) is 3.89. The van der Waals surface area contributed by atoms with Crippen molar-refractivity contribution in [3.63, 3.8) is 0 Å². The number of benzene rings is 1. The van der Waals surface area contributed by atoms with Gasteiger partial charge in [-0.25, -0.2) is 0 Å². The van der Waals surface area contributed by atoms with E-state index in [9.17, 15) is 20.0 Å². The molecule has 0 aliphatic heterocycles. The Labute approximate surface area is 115 Å². The molecule has 1 saturated carbocycles. The molecule has 0 aromatic heterocycles. The number of nitrogens with one attached hydrogen (secondary N) is 1. The lowest BCUT2D eigenvalue weighted by Gasteiger charge is -2.29. The number of carbonyl (C=O) groups excluding carboxylic acids is 1. The molecule has 1 aromatic rings. The summed E-state index contributed by atoms with van der Waals surface area (Å²) in [6.07, 6.45) is 3.39. The molecule has 0 atom stereocenters. The summed E-state index contributed by atoms with van der Waals surface area (Å²) >= 11 is 0. The van der Waals surface area contributed by atoms with E-state index >= 15 is 0 Å². The van der Waals surface area contributed by atoms with Crippen LogP contribution in [-0.4, -0.2) is 28.1 Å². The molecular formula is C13H17N3O4. The number of nitrogens with two attached hydrogens (primary N) is 1. The number of hydrogen-bond acceptors (Lipinski definition) is 5. The van der Waals surface area contributed by atoms with Crippen LogP contribution >= 0.6 is 0 Å². The predicted molar refractivity (Wildman–Crippen MR) is 73.5 cm³/mol. The van der Waals surface area contributed by atoms with Gasteiger partial charge in [-0.2, -0.15) is 0 Å². The van der Waals surface area contributed by atoms with Gasteiger partial charge in [-0.05, 0) is 25.0 Å². The summed E-state index contributed by atoms with van der Waals surface area (Å²) in [5.74, 6) is -0.646. The van der Waals surface area contributed by atoms with E-state index in [2.05, 4.69) is 5.32 Å². The third-order valence-electron chi connectivity index (χ3n) is 3.74. The lowest BCUT2D eigenvalue weighted by Crippen LogP contribution is -2.39. The monoisotopic (exact) mass is 279 g/mol. The Morgan fingerprint density at radius 2 is 2.10 bits per heavy atom. The van der Waals surface area contributed by atoms with Crippen LogP contribution in [0, 0.1) is 10.1 Å². The molecule has 0 heterocycles. The van der Waals surface area contributed by atoms with E-state index in [-0.39, 0.29) is 23.5 Å². The number of primary amides is 1. The second-order valence-corrected chi connectivity index (χ2v) is 5.12. The molecule has 1 aromatic carbocycles. The minimum atomic E-state index is -0.646. The van der Waals surface area contributed by atoms with Gasteiger partial charge in [-0.1, -0.05) is 12.8 Å². The molecule has 4 N–H and O–H groups in total. The summed E-state index contributed by atoms with van der Waals surface area (Å²) in [6.45, 7) is -0.106. The van der Waals surface area contributed by atoms with Crippen molar-refractivity contribution in [2.75, 3.05) is 11.9 Å². The van der Waals surface area contributed by atoms with Crippen molar-refractivity contribution in [2.24, 2.45) is 5.73 Å². The SMILES string of the molecule is NC(=O)c1ccc([N+](=O)[O-])c(NC2(CO)CCCC2)c1. The van der Waals surface area contributed by atoms with Gasteiger partial charge in [0.05, 0.1) is 17.1 Å². The molecule has 1 aliphatic carbocycles. The summed E-state index contributed by atoms with van der Waals surface area (Å²) in [5.41, 5.74) is 4.93. The minimum absolute atomic E-state index is 0.106. The Hall–Kier alpha value is -2.15. The highest BCUT2D eigenvalue weighted by Crippen LogP contribution is 2.36. The smallest absolute Gasteiger partial charge is 0.292 e. The number of amides is 1. The number of nitro groups is 1. The Balaban J connectivity index is 2.39. The summed E-state index contributed by atoms with van der Waals surface area (Å²) < 4.78 is 0. The molecule has 0 spiro atoms. The Morgan fingerprint density at radius 1 is 1.45 bits per heavy atom. The van der Waals surface area contributed by atoms with Crippen LogP contribution < -0.4 is 11.1 Å². The van der Waals surface area contributed by atoms with Gasteiger partial charge in [-0.3, -0.25) is 14.9 Å². The molecule has 1 fully saturated rings. The van der Waals surface area contributed by atoms with Gasteiger partial charge in [-0.15, -0.1) is 0 Å². The predicted octanol–water partition coefficient (Wildman–Crippen LogP) is 1.41. The number of aliphatic hydroxyl groups excluding tert-OH is 1. The zero-order valence-corrected chi connectivity index (χ0v) is 11.0. The average molecular weight is 279 g/mol. The summed E-state index contributed by atoms with van der Waals surface area (Å²) in [5, 5.41) is 23.7. The lowest BCUT2D eigenvalue weighted by atomic mass is 9.98. The van der Waals surface area contributed by atoms with Crippen LogP contribution in [0.25, 0.3) is 0 Å². The molecule has 108 valence electrons. The fourth-order valence-corrected chi connectivity index (χ4v) is 2.61. The molecule has 0 radical (unpaired) electrons. The van der Waals surface area contributed by atoms with Crippen LogP contribution in [0.5, 0.6) is 0 Å². The number of nitro benzene ring substituents is 1. The van der Waals surface area contributed by atoms with Crippen molar-refractivity contribution in [1.82, 2.24) is 0 Å². The highest BCUT2D eigenvalue weighted by Gasteiger charge is 2.34. The van der Waals surface area contributed by atoms with Crippen LogP contribution in [0.2, 0.25) is 0 Å². The molecule has 2 rings (SSSR count). The van der Waals surface area contributed by atoms with Gasteiger partial charge in [0.1, 0.15) is 5.69 Å². The molecule has 20 heavy (non-hydrogen) atoms. The van der Waals surface area contributed by atoms with Crippen molar-refractivity contribution >= 4 is 17.3 Å². The van der Waals surface area contributed by atoms with E-state index in [1.165, 1.54) is 18.2 Å². The maximum atomic E-state index is 11.2. The normalized spacial score (nSPS) is 16.9. The van der Waals surface area contributed by atoms with Crippen LogP contribution in [0.4, 0.5) is 11.4 Å². The van der Waals surface area contributed by atoms with Gasteiger partial charge < -0.3 is 16.2 Å². The van der Waals surface area contributed by atoms with Crippen LogP contribution in [-0.2, 0) is 0 Å². The van der Waals surface area contributed by atoms with Gasteiger partial charge in [0, 0.05) is 11.6 Å². The van der Waals surface area contributed by atoms with Crippen molar-refractivity contribution in [3.05, 3.63) is 33.9 Å². The minimum Gasteiger partial charge on any atom is -0.394 e. The third kappa shape index (κ3) is 2.72. The molecule has 1 aliphatic rings. The van der Waals surface area contributed by atoms with Gasteiger partial charge >= 0.3 is 0 Å². The quantitative estimate of drug-likeness (QED) is 0.556. The second-order valence-electron chi connectivity index (χ2n) is 5.12. The second kappa shape index (κ2) is 5.46. The van der Waals surface area contributed by atoms with E-state index < -0.39 is 16.4 Å². The molecule has 0 saturated heterocycles. The van der Waals surface area contributed by atoms with Crippen molar-refractivity contribution in [3.8, 4) is 0 Å². The number of nitrogens with zero attached hydrogens (tertiary/aromatic N) is 1. The first-order chi connectivity index (χ1) is 9.47.